The van der Waals surface area contributed by atoms with Gasteiger partial charge in [-0.15, -0.1) is 0 Å². The Morgan fingerprint density at radius 2 is 2.18 bits per heavy atom. The number of carbonyl (C=O) groups excluding carboxylic acids is 1. The Morgan fingerprint density at radius 1 is 1.55 bits per heavy atom. The molecule has 0 atom stereocenters. The number of esters is 1. The quantitative estimate of drug-likeness (QED) is 0.584. The summed E-state index contributed by atoms with van der Waals surface area (Å²) in [5, 5.41) is 0. The van der Waals surface area contributed by atoms with Gasteiger partial charge in [0.2, 0.25) is 0 Å². The maximum atomic E-state index is 11.2. The molecule has 0 bridgehead atoms. The van der Waals surface area contributed by atoms with Gasteiger partial charge < -0.3 is 4.74 Å². The molecule has 63 valence electrons. The maximum Gasteiger partial charge on any atom is 0.309 e. The van der Waals surface area contributed by atoms with Crippen LogP contribution in [0, 0.1) is 12.5 Å². The van der Waals surface area contributed by atoms with Crippen molar-refractivity contribution in [1.29, 1.82) is 0 Å². The number of hydrogen-bond acceptors (Lipinski definition) is 2. The zero-order valence-corrected chi connectivity index (χ0v) is 7.01. The van der Waals surface area contributed by atoms with Crippen molar-refractivity contribution in [3.05, 3.63) is 6.61 Å². The smallest absolute Gasteiger partial charge is 0.309 e. The SMILES string of the molecule is CC[CH]OC(=O)C1CCCC1. The normalized spacial score (nSPS) is 18.6. The highest BCUT2D eigenvalue weighted by Crippen LogP contribution is 2.25. The second kappa shape index (κ2) is 4.37. The van der Waals surface area contributed by atoms with Gasteiger partial charge in [-0.05, 0) is 19.3 Å². The van der Waals surface area contributed by atoms with Crippen LogP contribution in [0.2, 0.25) is 0 Å². The number of carbonyl (C=O) groups is 1. The first-order valence-corrected chi connectivity index (χ1v) is 4.36. The second-order valence-electron chi connectivity index (χ2n) is 2.99. The van der Waals surface area contributed by atoms with E-state index < -0.39 is 0 Å². The molecule has 0 unspecified atom stereocenters. The lowest BCUT2D eigenvalue weighted by Gasteiger charge is -2.06. The number of hydrogen-bond donors (Lipinski definition) is 0. The predicted molar refractivity (Wildman–Crippen MR) is 42.6 cm³/mol. The Labute approximate surface area is 67.9 Å². The van der Waals surface area contributed by atoms with Crippen LogP contribution in [0.4, 0.5) is 0 Å². The van der Waals surface area contributed by atoms with E-state index in [4.69, 9.17) is 4.74 Å². The van der Waals surface area contributed by atoms with Crippen LogP contribution in [0.5, 0.6) is 0 Å². The van der Waals surface area contributed by atoms with Crippen molar-refractivity contribution >= 4 is 5.97 Å². The molecule has 1 rings (SSSR count). The van der Waals surface area contributed by atoms with E-state index in [0.29, 0.717) is 0 Å². The highest BCUT2D eigenvalue weighted by molar-refractivity contribution is 5.73. The fourth-order valence-corrected chi connectivity index (χ4v) is 1.42. The monoisotopic (exact) mass is 155 g/mol. The van der Waals surface area contributed by atoms with Gasteiger partial charge in [0, 0.05) is 0 Å². The van der Waals surface area contributed by atoms with Crippen molar-refractivity contribution in [3.63, 3.8) is 0 Å². The van der Waals surface area contributed by atoms with Crippen LogP contribution < -0.4 is 0 Å². The van der Waals surface area contributed by atoms with E-state index in [0.717, 1.165) is 19.3 Å². The molecule has 0 heterocycles. The average molecular weight is 155 g/mol. The van der Waals surface area contributed by atoms with Gasteiger partial charge in [0.1, 0.15) is 6.61 Å². The van der Waals surface area contributed by atoms with Gasteiger partial charge in [-0.3, -0.25) is 4.79 Å². The van der Waals surface area contributed by atoms with Crippen LogP contribution in [-0.4, -0.2) is 5.97 Å². The predicted octanol–water partition coefficient (Wildman–Crippen LogP) is 2.29. The molecule has 0 spiro atoms. The minimum atomic E-state index is -0.0237. The maximum absolute atomic E-state index is 11.2. The lowest BCUT2D eigenvalue weighted by atomic mass is 10.1. The summed E-state index contributed by atoms with van der Waals surface area (Å²) in [6.07, 6.45) is 5.23. The summed E-state index contributed by atoms with van der Waals surface area (Å²) in [7, 11) is 0. The molecule has 0 N–H and O–H groups in total. The van der Waals surface area contributed by atoms with E-state index in [1.807, 2.05) is 6.92 Å². The first-order chi connectivity index (χ1) is 5.34. The van der Waals surface area contributed by atoms with Crippen LogP contribution in [0.25, 0.3) is 0 Å². The fourth-order valence-electron chi connectivity index (χ4n) is 1.42. The Bertz CT molecular complexity index is 126. The molecule has 1 saturated carbocycles. The van der Waals surface area contributed by atoms with E-state index in [-0.39, 0.29) is 11.9 Å². The molecule has 0 aromatic heterocycles. The van der Waals surface area contributed by atoms with Crippen molar-refractivity contribution in [1.82, 2.24) is 0 Å². The molecule has 0 aromatic carbocycles. The Kier molecular flexibility index (Phi) is 3.40. The molecule has 1 radical (unpaired) electrons. The van der Waals surface area contributed by atoms with Crippen molar-refractivity contribution in [2.75, 3.05) is 0 Å². The highest BCUT2D eigenvalue weighted by atomic mass is 16.5. The van der Waals surface area contributed by atoms with Crippen LogP contribution in [0.1, 0.15) is 39.0 Å². The molecule has 0 aromatic rings. The van der Waals surface area contributed by atoms with Crippen molar-refractivity contribution < 1.29 is 9.53 Å². The van der Waals surface area contributed by atoms with Crippen molar-refractivity contribution in [2.45, 2.75) is 39.0 Å². The lowest BCUT2D eigenvalue weighted by Crippen LogP contribution is -2.12. The molecule has 11 heavy (non-hydrogen) atoms. The zero-order chi connectivity index (χ0) is 8.10. The zero-order valence-electron chi connectivity index (χ0n) is 7.01. The molecule has 1 aliphatic carbocycles. The summed E-state index contributed by atoms with van der Waals surface area (Å²) in [5.41, 5.74) is 0. The largest absolute Gasteiger partial charge is 0.458 e. The lowest BCUT2D eigenvalue weighted by molar-refractivity contribution is -0.144. The molecule has 2 heteroatoms. The Morgan fingerprint density at radius 3 is 2.73 bits per heavy atom. The molecule has 0 amide bonds. The summed E-state index contributed by atoms with van der Waals surface area (Å²) >= 11 is 0. The summed E-state index contributed by atoms with van der Waals surface area (Å²) in [5.74, 6) is 0.169. The van der Waals surface area contributed by atoms with E-state index in [1.54, 1.807) is 6.61 Å². The van der Waals surface area contributed by atoms with Crippen molar-refractivity contribution in [3.8, 4) is 0 Å². The topological polar surface area (TPSA) is 26.3 Å². The number of rotatable bonds is 3. The summed E-state index contributed by atoms with van der Waals surface area (Å²) < 4.78 is 4.91. The van der Waals surface area contributed by atoms with Crippen molar-refractivity contribution in [2.24, 2.45) is 5.92 Å². The third kappa shape index (κ3) is 2.52. The molecule has 2 nitrogen and oxygen atoms in total. The van der Waals surface area contributed by atoms with Gasteiger partial charge in [0.25, 0.3) is 0 Å². The van der Waals surface area contributed by atoms with Gasteiger partial charge in [-0.1, -0.05) is 19.8 Å². The van der Waals surface area contributed by atoms with Gasteiger partial charge in [-0.25, -0.2) is 0 Å². The van der Waals surface area contributed by atoms with Gasteiger partial charge in [0.05, 0.1) is 5.92 Å². The molecule has 1 aliphatic rings. The summed E-state index contributed by atoms with van der Waals surface area (Å²) in [4.78, 5) is 11.2. The van der Waals surface area contributed by atoms with E-state index in [9.17, 15) is 4.79 Å². The number of ether oxygens (including phenoxy) is 1. The van der Waals surface area contributed by atoms with E-state index in [2.05, 4.69) is 0 Å². The molecular formula is C9H15O2. The fraction of sp³-hybridized carbons (Fsp3) is 0.778. The standard InChI is InChI=1S/C9H15O2/c1-2-7-11-9(10)8-5-3-4-6-8/h7-8H,2-6H2,1H3. The van der Waals surface area contributed by atoms with E-state index in [1.165, 1.54) is 12.8 Å². The molecule has 0 aliphatic heterocycles. The first-order valence-electron chi connectivity index (χ1n) is 4.36. The molecule has 1 fully saturated rings. The van der Waals surface area contributed by atoms with Gasteiger partial charge in [0.15, 0.2) is 0 Å². The molecular weight excluding hydrogens is 140 g/mol. The van der Waals surface area contributed by atoms with Crippen LogP contribution in [0.15, 0.2) is 0 Å². The third-order valence-corrected chi connectivity index (χ3v) is 2.05. The van der Waals surface area contributed by atoms with Crippen LogP contribution in [0.3, 0.4) is 0 Å². The van der Waals surface area contributed by atoms with Gasteiger partial charge >= 0.3 is 5.97 Å². The second-order valence-corrected chi connectivity index (χ2v) is 2.99. The highest BCUT2D eigenvalue weighted by Gasteiger charge is 2.23. The van der Waals surface area contributed by atoms with Crippen LogP contribution >= 0.6 is 0 Å². The summed E-state index contributed by atoms with van der Waals surface area (Å²) in [6, 6.07) is 0. The third-order valence-electron chi connectivity index (χ3n) is 2.05. The minimum Gasteiger partial charge on any atom is -0.458 e. The van der Waals surface area contributed by atoms with Gasteiger partial charge in [-0.2, -0.15) is 0 Å². The van der Waals surface area contributed by atoms with E-state index >= 15 is 0 Å². The molecule has 0 saturated heterocycles. The first kappa shape index (κ1) is 8.57. The Balaban J connectivity index is 2.17. The summed E-state index contributed by atoms with van der Waals surface area (Å²) in [6.45, 7) is 3.54. The minimum absolute atomic E-state index is 0.0237. The average Bonchev–Trinajstić information content (AvgIpc) is 2.52. The van der Waals surface area contributed by atoms with Crippen LogP contribution in [-0.2, 0) is 9.53 Å². The Hall–Kier alpha value is -0.530.